The predicted octanol–water partition coefficient (Wildman–Crippen LogP) is 1.21. The van der Waals surface area contributed by atoms with Crippen molar-refractivity contribution in [1.82, 2.24) is 14.9 Å². The van der Waals surface area contributed by atoms with Crippen LogP contribution in [0, 0.1) is 10.1 Å². The van der Waals surface area contributed by atoms with Crippen LogP contribution in [0.2, 0.25) is 0 Å². The number of aromatic amines is 1. The number of morpholine rings is 1. The summed E-state index contributed by atoms with van der Waals surface area (Å²) in [7, 11) is 2.07. The molecule has 1 atom stereocenters. The lowest BCUT2D eigenvalue weighted by Crippen LogP contribution is -2.43. The lowest BCUT2D eigenvalue weighted by molar-refractivity contribution is -0.384. The minimum atomic E-state index is -0.418. The molecule has 3 rings (SSSR count). The van der Waals surface area contributed by atoms with Crippen LogP contribution < -0.4 is 5.32 Å². The minimum Gasteiger partial charge on any atom is -0.374 e. The molecule has 0 spiro atoms. The molecule has 8 nitrogen and oxygen atoms in total. The lowest BCUT2D eigenvalue weighted by atomic mass is 10.3. The van der Waals surface area contributed by atoms with Gasteiger partial charge in [-0.3, -0.25) is 10.1 Å². The number of H-pyrrole nitrogens is 1. The molecule has 0 aliphatic carbocycles. The molecule has 1 aromatic heterocycles. The Bertz CT molecular complexity index is 656. The van der Waals surface area contributed by atoms with Gasteiger partial charge >= 0.3 is 0 Å². The van der Waals surface area contributed by atoms with Gasteiger partial charge in [-0.05, 0) is 13.1 Å². The Morgan fingerprint density at radius 1 is 1.62 bits per heavy atom. The summed E-state index contributed by atoms with van der Waals surface area (Å²) in [4.78, 5) is 20.0. The Morgan fingerprint density at radius 3 is 3.24 bits per heavy atom. The maximum atomic E-state index is 10.7. The summed E-state index contributed by atoms with van der Waals surface area (Å²) in [5.74, 6) is 0.599. The van der Waals surface area contributed by atoms with Crippen LogP contribution in [0.3, 0.4) is 0 Å². The van der Waals surface area contributed by atoms with Gasteiger partial charge in [0.05, 0.1) is 28.7 Å². The van der Waals surface area contributed by atoms with E-state index in [4.69, 9.17) is 4.74 Å². The van der Waals surface area contributed by atoms with Crippen LogP contribution >= 0.6 is 0 Å². The smallest absolute Gasteiger partial charge is 0.271 e. The minimum absolute atomic E-state index is 0.0509. The van der Waals surface area contributed by atoms with Crippen LogP contribution in [-0.2, 0) is 4.74 Å². The number of anilines is 1. The molecule has 1 aliphatic rings. The highest BCUT2D eigenvalue weighted by atomic mass is 16.6. The number of likely N-dealkylation sites (N-methyl/N-ethyl adjacent to an activating group) is 1. The van der Waals surface area contributed by atoms with Crippen molar-refractivity contribution in [2.45, 2.75) is 6.10 Å². The highest BCUT2D eigenvalue weighted by Crippen LogP contribution is 2.20. The van der Waals surface area contributed by atoms with Gasteiger partial charge in [0.25, 0.3) is 5.69 Å². The van der Waals surface area contributed by atoms with E-state index in [9.17, 15) is 10.1 Å². The van der Waals surface area contributed by atoms with Crippen LogP contribution in [0.15, 0.2) is 18.2 Å². The first-order valence-electron chi connectivity index (χ1n) is 6.80. The maximum absolute atomic E-state index is 10.7. The first kappa shape index (κ1) is 13.8. The average molecular weight is 291 g/mol. The van der Waals surface area contributed by atoms with Crippen molar-refractivity contribution in [3.05, 3.63) is 28.3 Å². The summed E-state index contributed by atoms with van der Waals surface area (Å²) in [6, 6.07) is 4.57. The first-order chi connectivity index (χ1) is 10.1. The monoisotopic (exact) mass is 291 g/mol. The van der Waals surface area contributed by atoms with E-state index < -0.39 is 4.92 Å². The summed E-state index contributed by atoms with van der Waals surface area (Å²) in [5, 5.41) is 13.9. The number of nitrogens with zero attached hydrogens (tertiary/aromatic N) is 3. The number of non-ortho nitro benzene ring substituents is 1. The number of benzene rings is 1. The SMILES string of the molecule is CN1CCOC(CNc2nc3ccc([N+](=O)[O-])cc3[nH]2)C1. The summed E-state index contributed by atoms with van der Waals surface area (Å²) in [5.41, 5.74) is 1.40. The average Bonchev–Trinajstić information content (AvgIpc) is 2.87. The van der Waals surface area contributed by atoms with E-state index in [0.717, 1.165) is 19.7 Å². The molecule has 2 N–H and O–H groups in total. The molecule has 0 bridgehead atoms. The zero-order chi connectivity index (χ0) is 14.8. The molecule has 1 aromatic carbocycles. The molecule has 0 radical (unpaired) electrons. The molecule has 1 saturated heterocycles. The normalized spacial score (nSPS) is 19.8. The number of ether oxygens (including phenoxy) is 1. The Morgan fingerprint density at radius 2 is 2.48 bits per heavy atom. The van der Waals surface area contributed by atoms with Crippen LogP contribution in [0.25, 0.3) is 11.0 Å². The van der Waals surface area contributed by atoms with Gasteiger partial charge in [-0.15, -0.1) is 0 Å². The molecule has 0 saturated carbocycles. The van der Waals surface area contributed by atoms with E-state index in [1.807, 2.05) is 0 Å². The highest BCUT2D eigenvalue weighted by molar-refractivity contribution is 5.79. The Balaban J connectivity index is 1.68. The van der Waals surface area contributed by atoms with Gasteiger partial charge in [-0.2, -0.15) is 0 Å². The summed E-state index contributed by atoms with van der Waals surface area (Å²) < 4.78 is 5.66. The number of imidazole rings is 1. The van der Waals surface area contributed by atoms with Crippen LogP contribution in [-0.4, -0.2) is 59.2 Å². The predicted molar refractivity (Wildman–Crippen MR) is 78.5 cm³/mol. The van der Waals surface area contributed by atoms with E-state index >= 15 is 0 Å². The van der Waals surface area contributed by atoms with Crippen molar-refractivity contribution in [1.29, 1.82) is 0 Å². The molecule has 8 heteroatoms. The maximum Gasteiger partial charge on any atom is 0.271 e. The third-order valence-electron chi connectivity index (χ3n) is 3.52. The van der Waals surface area contributed by atoms with E-state index in [1.165, 1.54) is 12.1 Å². The molecule has 1 unspecified atom stereocenters. The molecular weight excluding hydrogens is 274 g/mol. The summed E-state index contributed by atoms with van der Waals surface area (Å²) in [6.45, 7) is 3.20. The third kappa shape index (κ3) is 3.11. The van der Waals surface area contributed by atoms with E-state index in [1.54, 1.807) is 6.07 Å². The number of nitrogens with one attached hydrogen (secondary N) is 2. The number of nitro groups is 1. The van der Waals surface area contributed by atoms with E-state index in [0.29, 0.717) is 23.5 Å². The molecule has 1 fully saturated rings. The second-order valence-electron chi connectivity index (χ2n) is 5.18. The second kappa shape index (κ2) is 5.66. The summed E-state index contributed by atoms with van der Waals surface area (Å²) in [6.07, 6.45) is 0.117. The van der Waals surface area contributed by atoms with Crippen molar-refractivity contribution >= 4 is 22.7 Å². The molecule has 0 amide bonds. The number of hydrogen-bond donors (Lipinski definition) is 2. The Labute approximate surface area is 121 Å². The number of aromatic nitrogens is 2. The fourth-order valence-corrected chi connectivity index (χ4v) is 2.40. The van der Waals surface area contributed by atoms with E-state index in [2.05, 4.69) is 27.2 Å². The van der Waals surface area contributed by atoms with Crippen molar-refractivity contribution in [2.24, 2.45) is 0 Å². The van der Waals surface area contributed by atoms with Gasteiger partial charge in [0.15, 0.2) is 0 Å². The third-order valence-corrected chi connectivity index (χ3v) is 3.52. The van der Waals surface area contributed by atoms with Gasteiger partial charge in [0.1, 0.15) is 0 Å². The van der Waals surface area contributed by atoms with Crippen molar-refractivity contribution in [2.75, 3.05) is 38.6 Å². The summed E-state index contributed by atoms with van der Waals surface area (Å²) >= 11 is 0. The second-order valence-corrected chi connectivity index (χ2v) is 5.18. The topological polar surface area (TPSA) is 96.3 Å². The lowest BCUT2D eigenvalue weighted by Gasteiger charge is -2.29. The van der Waals surface area contributed by atoms with Crippen LogP contribution in [0.4, 0.5) is 11.6 Å². The van der Waals surface area contributed by atoms with Gasteiger partial charge in [0.2, 0.25) is 5.95 Å². The standard InChI is InChI=1S/C13H17N5O3/c1-17-4-5-21-10(8-17)7-14-13-15-11-3-2-9(18(19)20)6-12(11)16-13/h2-3,6,10H,4-5,7-8H2,1H3,(H2,14,15,16). The number of hydrogen-bond acceptors (Lipinski definition) is 6. The molecular formula is C13H17N5O3. The fourth-order valence-electron chi connectivity index (χ4n) is 2.40. The van der Waals surface area contributed by atoms with Gasteiger partial charge in [-0.1, -0.05) is 0 Å². The molecule has 2 heterocycles. The Kier molecular flexibility index (Phi) is 3.72. The first-order valence-corrected chi connectivity index (χ1v) is 6.80. The number of rotatable bonds is 4. The zero-order valence-electron chi connectivity index (χ0n) is 11.7. The highest BCUT2D eigenvalue weighted by Gasteiger charge is 2.18. The largest absolute Gasteiger partial charge is 0.374 e. The molecule has 1 aliphatic heterocycles. The van der Waals surface area contributed by atoms with Gasteiger partial charge in [-0.25, -0.2) is 4.98 Å². The molecule has 2 aromatic rings. The van der Waals surface area contributed by atoms with Crippen molar-refractivity contribution in [3.63, 3.8) is 0 Å². The van der Waals surface area contributed by atoms with Crippen molar-refractivity contribution < 1.29 is 9.66 Å². The Hall–Kier alpha value is -2.19. The number of fused-ring (bicyclic) bond motifs is 1. The molecule has 21 heavy (non-hydrogen) atoms. The van der Waals surface area contributed by atoms with Crippen LogP contribution in [0.1, 0.15) is 0 Å². The van der Waals surface area contributed by atoms with Crippen LogP contribution in [0.5, 0.6) is 0 Å². The van der Waals surface area contributed by atoms with Gasteiger partial charge in [0, 0.05) is 31.8 Å². The number of nitro benzene ring substituents is 1. The molecule has 112 valence electrons. The zero-order valence-corrected chi connectivity index (χ0v) is 11.7. The van der Waals surface area contributed by atoms with Crippen molar-refractivity contribution in [3.8, 4) is 0 Å². The van der Waals surface area contributed by atoms with E-state index in [-0.39, 0.29) is 11.8 Å². The fraction of sp³-hybridized carbons (Fsp3) is 0.462. The van der Waals surface area contributed by atoms with Gasteiger partial charge < -0.3 is 19.9 Å². The quantitative estimate of drug-likeness (QED) is 0.649.